The van der Waals surface area contributed by atoms with Crippen LogP contribution in [0.3, 0.4) is 0 Å². The van der Waals surface area contributed by atoms with Crippen molar-refractivity contribution >= 4 is 27.6 Å². The zero-order chi connectivity index (χ0) is 16.9. The van der Waals surface area contributed by atoms with E-state index in [1.807, 2.05) is 6.07 Å². The van der Waals surface area contributed by atoms with Crippen LogP contribution in [-0.4, -0.2) is 30.3 Å². The third-order valence-electron chi connectivity index (χ3n) is 3.23. The molecule has 2 rings (SSSR count). The number of rotatable bonds is 7. The molecular weight excluding hydrogens is 338 g/mol. The highest BCUT2D eigenvalue weighted by Gasteiger charge is 2.25. The van der Waals surface area contributed by atoms with Crippen molar-refractivity contribution in [1.29, 1.82) is 0 Å². The number of benzene rings is 2. The van der Waals surface area contributed by atoms with E-state index in [9.17, 15) is 13.2 Å². The average Bonchev–Trinajstić information content (AvgIpc) is 2.52. The first-order valence-electron chi connectivity index (χ1n) is 6.91. The molecule has 7 heteroatoms. The predicted octanol–water partition coefficient (Wildman–Crippen LogP) is 3.01. The van der Waals surface area contributed by atoms with Crippen LogP contribution in [0.15, 0.2) is 59.5 Å². The molecule has 2 aromatic rings. The van der Waals surface area contributed by atoms with Crippen LogP contribution in [-0.2, 0) is 21.4 Å². The predicted molar refractivity (Wildman–Crippen MR) is 87.7 cm³/mol. The minimum atomic E-state index is -3.80. The summed E-state index contributed by atoms with van der Waals surface area (Å²) in [6.45, 7) is 0.00820. The van der Waals surface area contributed by atoms with Crippen LogP contribution in [0.25, 0.3) is 0 Å². The zero-order valence-corrected chi connectivity index (χ0v) is 13.8. The van der Waals surface area contributed by atoms with Gasteiger partial charge in [0.25, 0.3) is 0 Å². The number of halogens is 1. The maximum absolute atomic E-state index is 12.8. The Morgan fingerprint density at radius 1 is 1.04 bits per heavy atom. The van der Waals surface area contributed by atoms with Gasteiger partial charge in [0.15, 0.2) is 0 Å². The molecule has 0 aliphatic carbocycles. The summed E-state index contributed by atoms with van der Waals surface area (Å²) in [5.41, 5.74) is 0.787. The standard InChI is InChI=1S/C16H16ClNO4S/c17-14-6-8-15(9-7-14)23(21,22)18(11-10-16(19)20)12-13-4-2-1-3-5-13/h1-9H,10-12H2,(H,19,20). The number of hydrogen-bond donors (Lipinski definition) is 1. The number of carbonyl (C=O) groups is 1. The minimum Gasteiger partial charge on any atom is -0.481 e. The quantitative estimate of drug-likeness (QED) is 0.830. The Morgan fingerprint density at radius 2 is 1.65 bits per heavy atom. The molecular formula is C16H16ClNO4S. The van der Waals surface area contributed by atoms with E-state index < -0.39 is 16.0 Å². The van der Waals surface area contributed by atoms with E-state index in [1.165, 1.54) is 28.6 Å². The molecule has 122 valence electrons. The van der Waals surface area contributed by atoms with Crippen LogP contribution in [0.2, 0.25) is 5.02 Å². The summed E-state index contributed by atoms with van der Waals surface area (Å²) in [6, 6.07) is 14.8. The lowest BCUT2D eigenvalue weighted by Crippen LogP contribution is -2.32. The molecule has 0 atom stereocenters. The lowest BCUT2D eigenvalue weighted by atomic mass is 10.2. The molecule has 2 aromatic carbocycles. The highest BCUT2D eigenvalue weighted by atomic mass is 35.5. The summed E-state index contributed by atoms with van der Waals surface area (Å²) in [5.74, 6) is -1.05. The van der Waals surface area contributed by atoms with Crippen LogP contribution >= 0.6 is 11.6 Å². The maximum atomic E-state index is 12.8. The second-order valence-electron chi connectivity index (χ2n) is 4.92. The molecule has 0 saturated heterocycles. The molecule has 0 fully saturated rings. The van der Waals surface area contributed by atoms with Crippen molar-refractivity contribution in [2.45, 2.75) is 17.9 Å². The van der Waals surface area contributed by atoms with E-state index >= 15 is 0 Å². The molecule has 0 bridgehead atoms. The molecule has 0 heterocycles. The summed E-state index contributed by atoms with van der Waals surface area (Å²) < 4.78 is 26.7. The van der Waals surface area contributed by atoms with Gasteiger partial charge in [0.1, 0.15) is 0 Å². The van der Waals surface area contributed by atoms with Gasteiger partial charge in [-0.3, -0.25) is 4.79 Å². The molecule has 1 N–H and O–H groups in total. The summed E-state index contributed by atoms with van der Waals surface area (Å²) in [6.07, 6.45) is -0.264. The first-order chi connectivity index (χ1) is 10.9. The third-order valence-corrected chi connectivity index (χ3v) is 5.34. The second kappa shape index (κ2) is 7.59. The van der Waals surface area contributed by atoms with Gasteiger partial charge < -0.3 is 5.11 Å². The molecule has 0 radical (unpaired) electrons. The number of carboxylic acids is 1. The van der Waals surface area contributed by atoms with Gasteiger partial charge >= 0.3 is 5.97 Å². The number of sulfonamides is 1. The van der Waals surface area contributed by atoms with Crippen molar-refractivity contribution < 1.29 is 18.3 Å². The Hall–Kier alpha value is -1.89. The molecule has 0 saturated carbocycles. The SMILES string of the molecule is O=C(O)CCN(Cc1ccccc1)S(=O)(=O)c1ccc(Cl)cc1. The van der Waals surface area contributed by atoms with Crippen LogP contribution in [0, 0.1) is 0 Å². The fourth-order valence-corrected chi connectivity index (χ4v) is 3.60. The van der Waals surface area contributed by atoms with Crippen LogP contribution < -0.4 is 0 Å². The third kappa shape index (κ3) is 4.79. The van der Waals surface area contributed by atoms with Crippen molar-refractivity contribution in [1.82, 2.24) is 4.31 Å². The van der Waals surface area contributed by atoms with Crippen molar-refractivity contribution in [3.8, 4) is 0 Å². The van der Waals surface area contributed by atoms with Gasteiger partial charge in [-0.2, -0.15) is 4.31 Å². The Morgan fingerprint density at radius 3 is 2.22 bits per heavy atom. The topological polar surface area (TPSA) is 74.7 Å². The normalized spacial score (nSPS) is 11.6. The highest BCUT2D eigenvalue weighted by Crippen LogP contribution is 2.20. The molecule has 0 amide bonds. The monoisotopic (exact) mass is 353 g/mol. The Balaban J connectivity index is 2.31. The molecule has 0 aliphatic rings. The summed E-state index contributed by atoms with van der Waals surface area (Å²) >= 11 is 5.79. The lowest BCUT2D eigenvalue weighted by Gasteiger charge is -2.21. The Bertz CT molecular complexity index is 760. The van der Waals surface area contributed by atoms with Gasteiger partial charge in [-0.1, -0.05) is 41.9 Å². The Labute approximate surface area is 140 Å². The fraction of sp³-hybridized carbons (Fsp3) is 0.188. The first kappa shape index (κ1) is 17.5. The van der Waals surface area contributed by atoms with E-state index in [4.69, 9.17) is 16.7 Å². The van der Waals surface area contributed by atoms with Crippen molar-refractivity contribution in [3.05, 3.63) is 65.2 Å². The zero-order valence-electron chi connectivity index (χ0n) is 12.2. The van der Waals surface area contributed by atoms with Crippen LogP contribution in [0.5, 0.6) is 0 Å². The number of carboxylic acid groups (broad SMARTS) is 1. The van der Waals surface area contributed by atoms with Crippen molar-refractivity contribution in [2.24, 2.45) is 0 Å². The van der Waals surface area contributed by atoms with Gasteiger partial charge in [-0.25, -0.2) is 8.42 Å². The second-order valence-corrected chi connectivity index (χ2v) is 7.30. The molecule has 0 aliphatic heterocycles. The molecule has 0 spiro atoms. The van der Waals surface area contributed by atoms with E-state index in [2.05, 4.69) is 0 Å². The van der Waals surface area contributed by atoms with E-state index in [0.29, 0.717) is 5.02 Å². The number of nitrogens with zero attached hydrogens (tertiary/aromatic N) is 1. The maximum Gasteiger partial charge on any atom is 0.304 e. The molecule has 23 heavy (non-hydrogen) atoms. The molecule has 0 aromatic heterocycles. The summed E-state index contributed by atoms with van der Waals surface area (Å²) in [7, 11) is -3.80. The first-order valence-corrected chi connectivity index (χ1v) is 8.73. The van der Waals surface area contributed by atoms with Gasteiger partial charge in [0, 0.05) is 18.1 Å². The van der Waals surface area contributed by atoms with Gasteiger partial charge in [-0.05, 0) is 29.8 Å². The largest absolute Gasteiger partial charge is 0.481 e. The van der Waals surface area contributed by atoms with Gasteiger partial charge in [-0.15, -0.1) is 0 Å². The van der Waals surface area contributed by atoms with E-state index in [0.717, 1.165) is 5.56 Å². The molecule has 0 unspecified atom stereocenters. The van der Waals surface area contributed by atoms with Crippen molar-refractivity contribution in [3.63, 3.8) is 0 Å². The fourth-order valence-electron chi connectivity index (χ4n) is 2.05. The Kier molecular flexibility index (Phi) is 5.76. The lowest BCUT2D eigenvalue weighted by molar-refractivity contribution is -0.137. The molecule has 5 nitrogen and oxygen atoms in total. The highest BCUT2D eigenvalue weighted by molar-refractivity contribution is 7.89. The van der Waals surface area contributed by atoms with E-state index in [-0.39, 0.29) is 24.4 Å². The van der Waals surface area contributed by atoms with Gasteiger partial charge in [0.2, 0.25) is 10.0 Å². The van der Waals surface area contributed by atoms with Crippen molar-refractivity contribution in [2.75, 3.05) is 6.54 Å². The smallest absolute Gasteiger partial charge is 0.304 e. The summed E-state index contributed by atoms with van der Waals surface area (Å²) in [5, 5.41) is 9.30. The number of hydrogen-bond acceptors (Lipinski definition) is 3. The van der Waals surface area contributed by atoms with E-state index in [1.54, 1.807) is 24.3 Å². The van der Waals surface area contributed by atoms with Crippen LogP contribution in [0.1, 0.15) is 12.0 Å². The summed E-state index contributed by atoms with van der Waals surface area (Å²) in [4.78, 5) is 10.9. The van der Waals surface area contributed by atoms with Gasteiger partial charge in [0.05, 0.1) is 11.3 Å². The minimum absolute atomic E-state index is 0.0863. The number of aliphatic carboxylic acids is 1. The average molecular weight is 354 g/mol. The van der Waals surface area contributed by atoms with Crippen LogP contribution in [0.4, 0.5) is 0 Å².